The van der Waals surface area contributed by atoms with E-state index in [4.69, 9.17) is 28.4 Å². The summed E-state index contributed by atoms with van der Waals surface area (Å²) in [6.07, 6.45) is 0.0511. The normalized spacial score (nSPS) is 20.0. The predicted octanol–water partition coefficient (Wildman–Crippen LogP) is 1.33. The summed E-state index contributed by atoms with van der Waals surface area (Å²) in [5, 5.41) is 17.4. The van der Waals surface area contributed by atoms with Crippen LogP contribution in [0.5, 0.6) is 0 Å². The Morgan fingerprint density at radius 3 is 2.85 bits per heavy atom. The molecule has 0 radical (unpaired) electrons. The first-order valence-electron chi connectivity index (χ1n) is 5.74. The second-order valence-corrected chi connectivity index (χ2v) is 5.07. The Labute approximate surface area is 124 Å². The van der Waals surface area contributed by atoms with Crippen molar-refractivity contribution in [1.29, 1.82) is 0 Å². The van der Waals surface area contributed by atoms with Crippen LogP contribution in [-0.4, -0.2) is 28.8 Å². The number of rotatable bonds is 3. The van der Waals surface area contributed by atoms with E-state index in [1.165, 1.54) is 0 Å². The number of hydrogen-bond donors (Lipinski definition) is 3. The van der Waals surface area contributed by atoms with Crippen LogP contribution >= 0.6 is 23.2 Å². The monoisotopic (exact) mass is 315 g/mol. The minimum atomic E-state index is -0.737. The first kappa shape index (κ1) is 14.6. The Balaban J connectivity index is 1.94. The molecule has 1 aromatic rings. The molecule has 0 saturated carbocycles. The maximum Gasteiger partial charge on any atom is 0.269 e. The Bertz CT molecular complexity index is 589. The van der Waals surface area contributed by atoms with Crippen LogP contribution in [0.3, 0.4) is 0 Å². The standard InChI is InChI=1S/C12H11Cl2N3O3/c13-7-2-1-6(8(14)3-7)5-15-11(18)9-4-10(17-20)12(19)16-9/h1-3,9,20H,4-5H2,(H,15,18)(H,16,19)/b17-10-/t9-/m0/s1. The van der Waals surface area contributed by atoms with Crippen molar-refractivity contribution in [2.75, 3.05) is 0 Å². The number of oxime groups is 1. The van der Waals surface area contributed by atoms with Gasteiger partial charge in [0.05, 0.1) is 0 Å². The van der Waals surface area contributed by atoms with Gasteiger partial charge in [-0.2, -0.15) is 0 Å². The van der Waals surface area contributed by atoms with E-state index < -0.39 is 11.9 Å². The summed E-state index contributed by atoms with van der Waals surface area (Å²) in [7, 11) is 0. The van der Waals surface area contributed by atoms with Gasteiger partial charge in [0.15, 0.2) is 0 Å². The Morgan fingerprint density at radius 1 is 1.50 bits per heavy atom. The van der Waals surface area contributed by atoms with E-state index >= 15 is 0 Å². The molecule has 1 fully saturated rings. The third kappa shape index (κ3) is 3.20. The lowest BCUT2D eigenvalue weighted by molar-refractivity contribution is -0.125. The summed E-state index contributed by atoms with van der Waals surface area (Å²) in [4.78, 5) is 23.1. The Hall–Kier alpha value is -1.79. The van der Waals surface area contributed by atoms with Crippen LogP contribution in [-0.2, 0) is 16.1 Å². The van der Waals surface area contributed by atoms with Crippen molar-refractivity contribution >= 4 is 40.7 Å². The van der Waals surface area contributed by atoms with Crippen molar-refractivity contribution in [2.45, 2.75) is 19.0 Å². The van der Waals surface area contributed by atoms with Gasteiger partial charge in [0, 0.05) is 23.0 Å². The molecule has 8 heteroatoms. The highest BCUT2D eigenvalue weighted by Gasteiger charge is 2.33. The fourth-order valence-electron chi connectivity index (χ4n) is 1.79. The maximum absolute atomic E-state index is 11.9. The SMILES string of the molecule is O=C1N[C@H](C(=O)NCc2ccc(Cl)cc2Cl)C/C1=N/O. The van der Waals surface area contributed by atoms with Crippen molar-refractivity contribution in [2.24, 2.45) is 5.16 Å². The van der Waals surface area contributed by atoms with Crippen molar-refractivity contribution in [3.8, 4) is 0 Å². The van der Waals surface area contributed by atoms with Crippen LogP contribution in [0.15, 0.2) is 23.4 Å². The summed E-state index contributed by atoms with van der Waals surface area (Å²) in [5.41, 5.74) is 0.652. The molecule has 20 heavy (non-hydrogen) atoms. The van der Waals surface area contributed by atoms with E-state index in [-0.39, 0.29) is 24.6 Å². The molecule has 1 aliphatic rings. The second-order valence-electron chi connectivity index (χ2n) is 4.23. The number of nitrogens with one attached hydrogen (secondary N) is 2. The average molecular weight is 316 g/mol. The topological polar surface area (TPSA) is 90.8 Å². The molecule has 106 valence electrons. The van der Waals surface area contributed by atoms with Gasteiger partial charge >= 0.3 is 0 Å². The smallest absolute Gasteiger partial charge is 0.269 e. The molecule has 0 aliphatic carbocycles. The summed E-state index contributed by atoms with van der Waals surface area (Å²) < 4.78 is 0. The molecule has 1 atom stereocenters. The van der Waals surface area contributed by atoms with Gasteiger partial charge in [0.25, 0.3) is 5.91 Å². The molecular weight excluding hydrogens is 305 g/mol. The van der Waals surface area contributed by atoms with Gasteiger partial charge in [-0.05, 0) is 17.7 Å². The van der Waals surface area contributed by atoms with Crippen LogP contribution in [0.1, 0.15) is 12.0 Å². The number of amides is 2. The van der Waals surface area contributed by atoms with Gasteiger partial charge in [-0.15, -0.1) is 0 Å². The zero-order chi connectivity index (χ0) is 14.7. The zero-order valence-corrected chi connectivity index (χ0v) is 11.7. The van der Waals surface area contributed by atoms with E-state index in [2.05, 4.69) is 15.8 Å². The van der Waals surface area contributed by atoms with Gasteiger partial charge in [0.1, 0.15) is 11.8 Å². The van der Waals surface area contributed by atoms with Gasteiger partial charge in [-0.1, -0.05) is 34.4 Å². The van der Waals surface area contributed by atoms with Crippen molar-refractivity contribution in [3.63, 3.8) is 0 Å². The highest BCUT2D eigenvalue weighted by atomic mass is 35.5. The number of halogens is 2. The number of hydrogen-bond acceptors (Lipinski definition) is 4. The van der Waals surface area contributed by atoms with Crippen LogP contribution in [0.4, 0.5) is 0 Å². The summed E-state index contributed by atoms with van der Waals surface area (Å²) >= 11 is 11.8. The molecule has 3 N–H and O–H groups in total. The number of nitrogens with zero attached hydrogens (tertiary/aromatic N) is 1. The molecule has 2 rings (SSSR count). The molecule has 2 amide bonds. The predicted molar refractivity (Wildman–Crippen MR) is 74.1 cm³/mol. The van der Waals surface area contributed by atoms with E-state index in [0.717, 1.165) is 0 Å². The number of carbonyl (C=O) groups excluding carboxylic acids is 2. The van der Waals surface area contributed by atoms with Crippen molar-refractivity contribution < 1.29 is 14.8 Å². The summed E-state index contributed by atoms with van der Waals surface area (Å²) in [5.74, 6) is -0.916. The average Bonchev–Trinajstić information content (AvgIpc) is 2.79. The Morgan fingerprint density at radius 2 is 2.25 bits per heavy atom. The van der Waals surface area contributed by atoms with Crippen LogP contribution in [0.2, 0.25) is 10.0 Å². The van der Waals surface area contributed by atoms with Crippen LogP contribution in [0, 0.1) is 0 Å². The van der Waals surface area contributed by atoms with E-state index in [0.29, 0.717) is 15.6 Å². The lowest BCUT2D eigenvalue weighted by Gasteiger charge is -2.11. The minimum absolute atomic E-state index is 0.0511. The first-order valence-corrected chi connectivity index (χ1v) is 6.50. The fraction of sp³-hybridized carbons (Fsp3) is 0.250. The maximum atomic E-state index is 11.9. The molecule has 6 nitrogen and oxygen atoms in total. The summed E-state index contributed by atoms with van der Waals surface area (Å²) in [6, 6.07) is 4.22. The quantitative estimate of drug-likeness (QED) is 0.580. The zero-order valence-electron chi connectivity index (χ0n) is 10.2. The number of benzene rings is 1. The number of carbonyl (C=O) groups is 2. The van der Waals surface area contributed by atoms with Gasteiger partial charge in [0.2, 0.25) is 5.91 Å². The molecule has 1 saturated heterocycles. The van der Waals surface area contributed by atoms with Gasteiger partial charge in [-0.25, -0.2) is 0 Å². The van der Waals surface area contributed by atoms with E-state index in [1.54, 1.807) is 18.2 Å². The third-order valence-corrected chi connectivity index (χ3v) is 3.46. The minimum Gasteiger partial charge on any atom is -0.410 e. The molecule has 1 aliphatic heterocycles. The van der Waals surface area contributed by atoms with Gasteiger partial charge < -0.3 is 15.8 Å². The molecule has 0 aromatic heterocycles. The first-order chi connectivity index (χ1) is 9.51. The van der Waals surface area contributed by atoms with E-state index in [9.17, 15) is 9.59 Å². The Kier molecular flexibility index (Phi) is 4.46. The second kappa shape index (κ2) is 6.11. The lowest BCUT2D eigenvalue weighted by Crippen LogP contribution is -2.41. The van der Waals surface area contributed by atoms with Crippen LogP contribution in [0.25, 0.3) is 0 Å². The van der Waals surface area contributed by atoms with Crippen LogP contribution < -0.4 is 10.6 Å². The highest BCUT2D eigenvalue weighted by molar-refractivity contribution is 6.41. The third-order valence-electron chi connectivity index (χ3n) is 2.87. The molecular formula is C12H11Cl2N3O3. The van der Waals surface area contributed by atoms with E-state index in [1.807, 2.05) is 0 Å². The lowest BCUT2D eigenvalue weighted by atomic mass is 10.2. The molecule has 1 heterocycles. The van der Waals surface area contributed by atoms with Crippen molar-refractivity contribution in [3.05, 3.63) is 33.8 Å². The summed E-state index contributed by atoms with van der Waals surface area (Å²) in [6.45, 7) is 0.215. The fourth-order valence-corrected chi connectivity index (χ4v) is 2.27. The molecule has 0 bridgehead atoms. The van der Waals surface area contributed by atoms with Gasteiger partial charge in [-0.3, -0.25) is 9.59 Å². The highest BCUT2D eigenvalue weighted by Crippen LogP contribution is 2.20. The molecule has 0 unspecified atom stereocenters. The molecule has 1 aromatic carbocycles. The largest absolute Gasteiger partial charge is 0.410 e. The molecule has 0 spiro atoms. The van der Waals surface area contributed by atoms with Crippen molar-refractivity contribution in [1.82, 2.24) is 10.6 Å².